The molecule has 0 aromatic heterocycles. The molecule has 2 aromatic carbocycles. The lowest BCUT2D eigenvalue weighted by Crippen LogP contribution is -2.03. The van der Waals surface area contributed by atoms with Gasteiger partial charge in [-0.05, 0) is 41.3 Å². The molecule has 0 heterocycles. The standard InChI is InChI=1S/C17H16F2O3/c1-10(5-17(20)21)11-3-4-16(22-2)15(8-11)12-6-13(18)9-14(19)7-12/h3-4,6-10H,5H2,1-2H3,(H,20,21). The molecule has 0 fully saturated rings. The van der Waals surface area contributed by atoms with Crippen molar-refractivity contribution in [3.63, 3.8) is 0 Å². The second-order valence-electron chi connectivity index (χ2n) is 5.12. The van der Waals surface area contributed by atoms with Crippen molar-refractivity contribution in [1.82, 2.24) is 0 Å². The molecule has 2 aromatic rings. The molecule has 1 atom stereocenters. The van der Waals surface area contributed by atoms with Crippen LogP contribution in [0.2, 0.25) is 0 Å². The van der Waals surface area contributed by atoms with Gasteiger partial charge < -0.3 is 9.84 Å². The molecule has 0 saturated carbocycles. The van der Waals surface area contributed by atoms with Gasteiger partial charge in [-0.1, -0.05) is 13.0 Å². The monoisotopic (exact) mass is 306 g/mol. The fourth-order valence-electron chi connectivity index (χ4n) is 2.35. The summed E-state index contributed by atoms with van der Waals surface area (Å²) in [5.41, 5.74) is 1.64. The van der Waals surface area contributed by atoms with Gasteiger partial charge in [0.05, 0.1) is 13.5 Å². The van der Waals surface area contributed by atoms with E-state index in [1.54, 1.807) is 25.1 Å². The molecule has 0 bridgehead atoms. The van der Waals surface area contributed by atoms with Gasteiger partial charge in [0.25, 0.3) is 0 Å². The zero-order valence-corrected chi connectivity index (χ0v) is 12.3. The Balaban J connectivity index is 2.50. The minimum Gasteiger partial charge on any atom is -0.496 e. The normalized spacial score (nSPS) is 12.0. The fourth-order valence-corrected chi connectivity index (χ4v) is 2.35. The predicted molar refractivity (Wildman–Crippen MR) is 79.0 cm³/mol. The first kappa shape index (κ1) is 15.9. The van der Waals surface area contributed by atoms with E-state index in [2.05, 4.69) is 0 Å². The molecule has 0 amide bonds. The van der Waals surface area contributed by atoms with E-state index in [4.69, 9.17) is 9.84 Å². The molecule has 1 unspecified atom stereocenters. The number of rotatable bonds is 5. The average Bonchev–Trinajstić information content (AvgIpc) is 2.44. The molecule has 0 spiro atoms. The molecule has 5 heteroatoms. The maximum atomic E-state index is 13.4. The van der Waals surface area contributed by atoms with E-state index in [1.807, 2.05) is 0 Å². The highest BCUT2D eigenvalue weighted by atomic mass is 19.1. The van der Waals surface area contributed by atoms with Crippen molar-refractivity contribution in [2.75, 3.05) is 7.11 Å². The highest BCUT2D eigenvalue weighted by Gasteiger charge is 2.15. The number of ether oxygens (including phenoxy) is 1. The van der Waals surface area contributed by atoms with E-state index < -0.39 is 17.6 Å². The minimum absolute atomic E-state index is 0.0245. The van der Waals surface area contributed by atoms with Gasteiger partial charge in [0.1, 0.15) is 17.4 Å². The van der Waals surface area contributed by atoms with Gasteiger partial charge in [0, 0.05) is 11.6 Å². The molecule has 1 N–H and O–H groups in total. The number of halogens is 2. The van der Waals surface area contributed by atoms with Gasteiger partial charge in [-0.2, -0.15) is 0 Å². The molecule has 2 rings (SSSR count). The van der Waals surface area contributed by atoms with Gasteiger partial charge in [-0.15, -0.1) is 0 Å². The van der Waals surface area contributed by atoms with Crippen molar-refractivity contribution >= 4 is 5.97 Å². The lowest BCUT2D eigenvalue weighted by Gasteiger charge is -2.14. The third kappa shape index (κ3) is 3.61. The van der Waals surface area contributed by atoms with Crippen LogP contribution in [0.15, 0.2) is 36.4 Å². The van der Waals surface area contributed by atoms with Crippen LogP contribution in [0.5, 0.6) is 5.75 Å². The maximum Gasteiger partial charge on any atom is 0.303 e. The Morgan fingerprint density at radius 1 is 1.18 bits per heavy atom. The number of benzene rings is 2. The third-order valence-electron chi connectivity index (χ3n) is 3.45. The van der Waals surface area contributed by atoms with E-state index in [-0.39, 0.29) is 12.3 Å². The lowest BCUT2D eigenvalue weighted by atomic mass is 9.93. The molecular formula is C17H16F2O3. The zero-order chi connectivity index (χ0) is 16.3. The molecule has 22 heavy (non-hydrogen) atoms. The van der Waals surface area contributed by atoms with E-state index in [1.165, 1.54) is 19.2 Å². The number of methoxy groups -OCH3 is 1. The quantitative estimate of drug-likeness (QED) is 0.899. The highest BCUT2D eigenvalue weighted by Crippen LogP contribution is 2.34. The maximum absolute atomic E-state index is 13.4. The van der Waals surface area contributed by atoms with Crippen LogP contribution < -0.4 is 4.74 Å². The predicted octanol–water partition coefficient (Wildman–Crippen LogP) is 4.22. The zero-order valence-electron chi connectivity index (χ0n) is 12.3. The van der Waals surface area contributed by atoms with Crippen molar-refractivity contribution < 1.29 is 23.4 Å². The third-order valence-corrected chi connectivity index (χ3v) is 3.45. The van der Waals surface area contributed by atoms with Crippen LogP contribution in [0.1, 0.15) is 24.8 Å². The minimum atomic E-state index is -0.901. The molecule has 116 valence electrons. The van der Waals surface area contributed by atoms with Gasteiger partial charge in [0.2, 0.25) is 0 Å². The first-order valence-electron chi connectivity index (χ1n) is 6.77. The fraction of sp³-hybridized carbons (Fsp3) is 0.235. The molecule has 0 aliphatic heterocycles. The SMILES string of the molecule is COc1ccc(C(C)CC(=O)O)cc1-c1cc(F)cc(F)c1. The number of aliphatic carboxylic acids is 1. The summed E-state index contributed by atoms with van der Waals surface area (Å²) in [6.07, 6.45) is -0.0245. The topological polar surface area (TPSA) is 46.5 Å². The van der Waals surface area contributed by atoms with Crippen LogP contribution in [0.4, 0.5) is 8.78 Å². The van der Waals surface area contributed by atoms with Crippen LogP contribution in [0.25, 0.3) is 11.1 Å². The van der Waals surface area contributed by atoms with Crippen molar-refractivity contribution in [3.8, 4) is 16.9 Å². The van der Waals surface area contributed by atoms with Gasteiger partial charge in [-0.3, -0.25) is 4.79 Å². The van der Waals surface area contributed by atoms with Crippen LogP contribution in [0.3, 0.4) is 0 Å². The number of carbonyl (C=O) groups is 1. The number of carboxylic acid groups (broad SMARTS) is 1. The summed E-state index contributed by atoms with van der Waals surface area (Å²) in [4.78, 5) is 10.8. The van der Waals surface area contributed by atoms with Crippen LogP contribution in [-0.2, 0) is 4.79 Å². The Hall–Kier alpha value is -2.43. The first-order chi connectivity index (χ1) is 10.4. The molecule has 0 radical (unpaired) electrons. The summed E-state index contributed by atoms with van der Waals surface area (Å²) in [5, 5.41) is 8.88. The van der Waals surface area contributed by atoms with E-state index in [0.717, 1.165) is 11.6 Å². The Labute approximate surface area is 127 Å². The Morgan fingerprint density at radius 3 is 2.36 bits per heavy atom. The largest absolute Gasteiger partial charge is 0.496 e. The summed E-state index contributed by atoms with van der Waals surface area (Å²) in [6.45, 7) is 1.78. The van der Waals surface area contributed by atoms with E-state index in [0.29, 0.717) is 16.9 Å². The average molecular weight is 306 g/mol. The Morgan fingerprint density at radius 2 is 1.82 bits per heavy atom. The summed E-state index contributed by atoms with van der Waals surface area (Å²) in [5.74, 6) is -2.01. The lowest BCUT2D eigenvalue weighted by molar-refractivity contribution is -0.137. The highest BCUT2D eigenvalue weighted by molar-refractivity contribution is 5.72. The molecule has 0 saturated heterocycles. The Kier molecular flexibility index (Phi) is 4.75. The van der Waals surface area contributed by atoms with E-state index >= 15 is 0 Å². The molecule has 0 aliphatic rings. The van der Waals surface area contributed by atoms with Gasteiger partial charge in [0.15, 0.2) is 0 Å². The van der Waals surface area contributed by atoms with Crippen molar-refractivity contribution in [2.45, 2.75) is 19.3 Å². The second kappa shape index (κ2) is 6.56. The smallest absolute Gasteiger partial charge is 0.303 e. The van der Waals surface area contributed by atoms with Crippen molar-refractivity contribution in [2.24, 2.45) is 0 Å². The molecular weight excluding hydrogens is 290 g/mol. The summed E-state index contributed by atoms with van der Waals surface area (Å²) < 4.78 is 32.1. The second-order valence-corrected chi connectivity index (χ2v) is 5.12. The number of carboxylic acids is 1. The van der Waals surface area contributed by atoms with E-state index in [9.17, 15) is 13.6 Å². The molecule has 3 nitrogen and oxygen atoms in total. The number of hydrogen-bond acceptors (Lipinski definition) is 2. The first-order valence-corrected chi connectivity index (χ1v) is 6.77. The summed E-state index contributed by atoms with van der Waals surface area (Å²) in [7, 11) is 1.47. The van der Waals surface area contributed by atoms with Crippen LogP contribution in [-0.4, -0.2) is 18.2 Å². The summed E-state index contributed by atoms with van der Waals surface area (Å²) in [6, 6.07) is 8.37. The van der Waals surface area contributed by atoms with Gasteiger partial charge >= 0.3 is 5.97 Å². The summed E-state index contributed by atoms with van der Waals surface area (Å²) >= 11 is 0. The number of hydrogen-bond donors (Lipinski definition) is 1. The van der Waals surface area contributed by atoms with Crippen LogP contribution >= 0.6 is 0 Å². The van der Waals surface area contributed by atoms with Crippen molar-refractivity contribution in [3.05, 3.63) is 53.6 Å². The Bertz CT molecular complexity index is 678. The molecule has 0 aliphatic carbocycles. The van der Waals surface area contributed by atoms with Crippen molar-refractivity contribution in [1.29, 1.82) is 0 Å². The van der Waals surface area contributed by atoms with Crippen LogP contribution in [0, 0.1) is 11.6 Å². The van der Waals surface area contributed by atoms with Gasteiger partial charge in [-0.25, -0.2) is 8.78 Å².